The Kier molecular flexibility index (Phi) is 10.9. The highest BCUT2D eigenvalue weighted by molar-refractivity contribution is 4.63. The third-order valence-corrected chi connectivity index (χ3v) is 2.42. The van der Waals surface area contributed by atoms with E-state index in [9.17, 15) is 0 Å². The van der Waals surface area contributed by atoms with Crippen LogP contribution in [0.2, 0.25) is 0 Å². The summed E-state index contributed by atoms with van der Waals surface area (Å²) in [6.45, 7) is 9.03. The summed E-state index contributed by atoms with van der Waals surface area (Å²) in [6, 6.07) is 0. The fourth-order valence-electron chi connectivity index (χ4n) is 1.47. The maximum Gasteiger partial charge on any atom is 0.0571 e. The van der Waals surface area contributed by atoms with Gasteiger partial charge in [-0.3, -0.25) is 0 Å². The minimum atomic E-state index is 0.540. The van der Waals surface area contributed by atoms with Gasteiger partial charge in [0.2, 0.25) is 0 Å². The molecule has 0 fully saturated rings. The van der Waals surface area contributed by atoms with Crippen LogP contribution >= 0.6 is 0 Å². The van der Waals surface area contributed by atoms with Crippen LogP contribution in [0.5, 0.6) is 0 Å². The van der Waals surface area contributed by atoms with Crippen LogP contribution in [0.15, 0.2) is 0 Å². The molecule has 0 aliphatic heterocycles. The van der Waals surface area contributed by atoms with Crippen LogP contribution < -0.4 is 10.6 Å². The van der Waals surface area contributed by atoms with Crippen LogP contribution in [0.4, 0.5) is 0 Å². The molecule has 0 saturated carbocycles. The highest BCUT2D eigenvalue weighted by atomic mass is 15.1. The summed E-state index contributed by atoms with van der Waals surface area (Å²) in [5.74, 6) is 0. The normalized spacial score (nSPS) is 11.1. The number of hydrogen-bond donors (Lipinski definition) is 2. The molecule has 0 heterocycles. The van der Waals surface area contributed by atoms with Crippen molar-refractivity contribution in [3.63, 3.8) is 0 Å². The first-order valence-electron chi connectivity index (χ1n) is 6.31. The van der Waals surface area contributed by atoms with Crippen molar-refractivity contribution >= 4 is 0 Å². The Balaban J connectivity index is 3.44. The number of rotatable bonds is 10. The van der Waals surface area contributed by atoms with Crippen molar-refractivity contribution in [1.29, 1.82) is 0 Å². The lowest BCUT2D eigenvalue weighted by Crippen LogP contribution is -2.42. The molecule has 0 saturated heterocycles. The third-order valence-electron chi connectivity index (χ3n) is 2.42. The zero-order chi connectivity index (χ0) is 10.6. The summed E-state index contributed by atoms with van der Waals surface area (Å²) in [6.07, 6.45) is 8.17. The van der Waals surface area contributed by atoms with E-state index in [1.165, 1.54) is 38.5 Å². The van der Waals surface area contributed by atoms with Gasteiger partial charge in [0.05, 0.1) is 6.17 Å². The van der Waals surface area contributed by atoms with E-state index in [4.69, 9.17) is 0 Å². The van der Waals surface area contributed by atoms with E-state index in [0.717, 1.165) is 13.1 Å². The van der Waals surface area contributed by atoms with Crippen LogP contribution in [0.3, 0.4) is 0 Å². The molecule has 0 spiro atoms. The maximum atomic E-state index is 3.57. The van der Waals surface area contributed by atoms with E-state index in [2.05, 4.69) is 31.4 Å². The van der Waals surface area contributed by atoms with Crippen molar-refractivity contribution in [2.45, 2.75) is 65.5 Å². The molecule has 0 aromatic heterocycles. The average molecular weight is 200 g/mol. The van der Waals surface area contributed by atoms with Gasteiger partial charge in [-0.2, -0.15) is 0 Å². The lowest BCUT2D eigenvalue weighted by Gasteiger charge is -2.19. The molecule has 0 rings (SSSR count). The maximum absolute atomic E-state index is 3.57. The van der Waals surface area contributed by atoms with Crippen LogP contribution in [0.1, 0.15) is 59.3 Å². The fourth-order valence-corrected chi connectivity index (χ4v) is 1.47. The predicted octanol–water partition coefficient (Wildman–Crippen LogP) is 2.89. The van der Waals surface area contributed by atoms with Crippen molar-refractivity contribution in [2.24, 2.45) is 0 Å². The molecule has 0 aliphatic rings. The Morgan fingerprint density at radius 2 is 1.29 bits per heavy atom. The topological polar surface area (TPSA) is 24.1 Å². The Labute approximate surface area is 89.9 Å². The molecule has 0 aliphatic carbocycles. The number of unbranched alkanes of at least 4 members (excludes halogenated alkanes) is 2. The monoisotopic (exact) mass is 200 g/mol. The fraction of sp³-hybridized carbons (Fsp3) is 1.00. The first kappa shape index (κ1) is 13.9. The van der Waals surface area contributed by atoms with Gasteiger partial charge in [-0.1, -0.05) is 40.0 Å². The van der Waals surface area contributed by atoms with Gasteiger partial charge in [0.1, 0.15) is 0 Å². The summed E-state index contributed by atoms with van der Waals surface area (Å²) >= 11 is 0. The van der Waals surface area contributed by atoms with Gasteiger partial charge in [0.25, 0.3) is 0 Å². The minimum Gasteiger partial charge on any atom is -0.302 e. The lowest BCUT2D eigenvalue weighted by molar-refractivity contribution is 0.391. The Hall–Kier alpha value is -0.0800. The highest BCUT2D eigenvalue weighted by Gasteiger charge is 2.03. The molecular weight excluding hydrogens is 172 g/mol. The second kappa shape index (κ2) is 11.0. The number of hydrogen-bond acceptors (Lipinski definition) is 2. The minimum absolute atomic E-state index is 0.540. The molecule has 0 radical (unpaired) electrons. The SMILES string of the molecule is CCCCNC(CCC)NCCCC. The Morgan fingerprint density at radius 3 is 1.64 bits per heavy atom. The number of nitrogens with one attached hydrogen (secondary N) is 2. The van der Waals surface area contributed by atoms with Gasteiger partial charge in [-0.15, -0.1) is 0 Å². The van der Waals surface area contributed by atoms with E-state index in [-0.39, 0.29) is 0 Å². The standard InChI is InChI=1S/C12H28N2/c1-4-7-10-13-12(9-6-3)14-11-8-5-2/h12-14H,4-11H2,1-3H3. The van der Waals surface area contributed by atoms with Crippen molar-refractivity contribution in [3.05, 3.63) is 0 Å². The van der Waals surface area contributed by atoms with Crippen LogP contribution in [-0.4, -0.2) is 19.3 Å². The van der Waals surface area contributed by atoms with Crippen LogP contribution in [-0.2, 0) is 0 Å². The average Bonchev–Trinajstić information content (AvgIpc) is 2.18. The van der Waals surface area contributed by atoms with Gasteiger partial charge >= 0.3 is 0 Å². The summed E-state index contributed by atoms with van der Waals surface area (Å²) < 4.78 is 0. The third kappa shape index (κ3) is 8.52. The molecule has 0 aromatic rings. The van der Waals surface area contributed by atoms with Gasteiger partial charge in [-0.25, -0.2) is 0 Å². The summed E-state index contributed by atoms with van der Waals surface area (Å²) in [5, 5.41) is 7.14. The Bertz CT molecular complexity index is 94.5. The van der Waals surface area contributed by atoms with Crippen LogP contribution in [0.25, 0.3) is 0 Å². The van der Waals surface area contributed by atoms with Crippen molar-refractivity contribution in [2.75, 3.05) is 13.1 Å². The molecule has 2 heteroatoms. The van der Waals surface area contributed by atoms with Crippen LogP contribution in [0, 0.1) is 0 Å². The van der Waals surface area contributed by atoms with E-state index in [1.807, 2.05) is 0 Å². The lowest BCUT2D eigenvalue weighted by atomic mass is 10.2. The van der Waals surface area contributed by atoms with E-state index < -0.39 is 0 Å². The van der Waals surface area contributed by atoms with Crippen molar-refractivity contribution in [3.8, 4) is 0 Å². The smallest absolute Gasteiger partial charge is 0.0571 e. The van der Waals surface area contributed by atoms with Gasteiger partial charge in [0, 0.05) is 0 Å². The van der Waals surface area contributed by atoms with Gasteiger partial charge < -0.3 is 10.6 Å². The van der Waals surface area contributed by atoms with Gasteiger partial charge in [0.15, 0.2) is 0 Å². The van der Waals surface area contributed by atoms with Crippen molar-refractivity contribution < 1.29 is 0 Å². The highest BCUT2D eigenvalue weighted by Crippen LogP contribution is 1.95. The summed E-state index contributed by atoms with van der Waals surface area (Å²) in [7, 11) is 0. The zero-order valence-corrected chi connectivity index (χ0v) is 10.2. The van der Waals surface area contributed by atoms with E-state index in [1.54, 1.807) is 0 Å². The first-order chi connectivity index (χ1) is 6.85. The first-order valence-corrected chi connectivity index (χ1v) is 6.31. The van der Waals surface area contributed by atoms with E-state index in [0.29, 0.717) is 6.17 Å². The molecule has 0 amide bonds. The molecule has 0 unspecified atom stereocenters. The second-order valence-electron chi connectivity index (χ2n) is 3.96. The molecule has 2 nitrogen and oxygen atoms in total. The van der Waals surface area contributed by atoms with Gasteiger partial charge in [-0.05, 0) is 32.4 Å². The molecule has 2 N–H and O–H groups in total. The Morgan fingerprint density at radius 1 is 0.786 bits per heavy atom. The molecule has 86 valence electrons. The molecule has 0 atom stereocenters. The molecule has 0 bridgehead atoms. The summed E-state index contributed by atoms with van der Waals surface area (Å²) in [4.78, 5) is 0. The predicted molar refractivity (Wildman–Crippen MR) is 64.5 cm³/mol. The van der Waals surface area contributed by atoms with Crippen molar-refractivity contribution in [1.82, 2.24) is 10.6 Å². The van der Waals surface area contributed by atoms with E-state index >= 15 is 0 Å². The largest absolute Gasteiger partial charge is 0.302 e. The second-order valence-corrected chi connectivity index (χ2v) is 3.96. The quantitative estimate of drug-likeness (QED) is 0.418. The zero-order valence-electron chi connectivity index (χ0n) is 10.2. The molecule has 14 heavy (non-hydrogen) atoms. The molecule has 0 aromatic carbocycles. The molecular formula is C12H28N2. The summed E-state index contributed by atoms with van der Waals surface area (Å²) in [5.41, 5.74) is 0.